The molecule has 0 aromatic carbocycles. The minimum Gasteiger partial charge on any atom is -0.218 e. The Hall–Kier alpha value is -0.0500. The van der Waals surface area contributed by atoms with Gasteiger partial charge in [0, 0.05) is 0 Å². The highest BCUT2D eigenvalue weighted by Gasteiger charge is 2.23. The van der Waals surface area contributed by atoms with Crippen molar-refractivity contribution in [3.63, 3.8) is 0 Å². The number of aliphatic imine (C=N–C) groups is 2. The van der Waals surface area contributed by atoms with Gasteiger partial charge in [-0.15, -0.1) is 11.8 Å². The molecule has 0 saturated carbocycles. The van der Waals surface area contributed by atoms with E-state index in [1.807, 2.05) is 0 Å². The van der Waals surface area contributed by atoms with Gasteiger partial charge in [0.2, 0.25) is 0 Å². The molecule has 0 bridgehead atoms. The van der Waals surface area contributed by atoms with Crippen molar-refractivity contribution in [1.29, 1.82) is 0 Å². The predicted molar refractivity (Wildman–Crippen MR) is 54.5 cm³/mol. The predicted octanol–water partition coefficient (Wildman–Crippen LogP) is 2.37. The maximum atomic E-state index is 4.50. The molecule has 0 aliphatic carbocycles. The molecule has 0 amide bonds. The van der Waals surface area contributed by atoms with E-state index in [4.69, 9.17) is 0 Å². The van der Waals surface area contributed by atoms with Crippen LogP contribution in [-0.2, 0) is 0 Å². The Labute approximate surface area is 80.2 Å². The van der Waals surface area contributed by atoms with Crippen molar-refractivity contribution in [3.8, 4) is 0 Å². The third kappa shape index (κ3) is 2.81. The number of rotatable bonds is 2. The van der Waals surface area contributed by atoms with Crippen LogP contribution in [-0.4, -0.2) is 21.1 Å². The maximum absolute atomic E-state index is 4.50. The first-order valence-corrected chi connectivity index (χ1v) is 4.92. The first kappa shape index (κ1) is 9.04. The lowest BCUT2D eigenvalue weighted by Gasteiger charge is -1.98. The molecule has 0 spiro atoms. The lowest BCUT2D eigenvalue weighted by atomic mass is 10.3. The maximum Gasteiger partial charge on any atom is 0.108 e. The quantitative estimate of drug-likeness (QED) is 0.507. The number of thioether (sulfide) groups is 1. The van der Waals surface area contributed by atoms with Gasteiger partial charge in [0.05, 0.1) is 10.3 Å². The first-order valence-electron chi connectivity index (χ1n) is 3.16. The second kappa shape index (κ2) is 4.75. The Kier molecular flexibility index (Phi) is 3.91. The summed E-state index contributed by atoms with van der Waals surface area (Å²) < 4.78 is 0. The molecule has 0 aromatic rings. The summed E-state index contributed by atoms with van der Waals surface area (Å²) in [5.41, 5.74) is 0. The summed E-state index contributed by atoms with van der Waals surface area (Å²) in [6.07, 6.45) is 2.03. The van der Waals surface area contributed by atoms with Crippen molar-refractivity contribution in [2.45, 2.75) is 23.6 Å². The fourth-order valence-electron chi connectivity index (χ4n) is 0.910. The summed E-state index contributed by atoms with van der Waals surface area (Å²) in [4.78, 5) is 7.92. The Morgan fingerprint density at radius 1 is 1.09 bits per heavy atom. The van der Waals surface area contributed by atoms with Gasteiger partial charge >= 0.3 is 0 Å². The average molecular weight is 202 g/mol. The number of hydrogen-bond acceptors (Lipinski definition) is 5. The van der Waals surface area contributed by atoms with Crippen molar-refractivity contribution in [1.82, 2.24) is 0 Å². The fourth-order valence-corrected chi connectivity index (χ4v) is 2.43. The van der Waals surface area contributed by atoms with Crippen LogP contribution in [0.15, 0.2) is 9.98 Å². The van der Waals surface area contributed by atoms with Crippen LogP contribution in [0.25, 0.3) is 0 Å². The minimum atomic E-state index is 0.240. The van der Waals surface area contributed by atoms with Gasteiger partial charge in [-0.3, -0.25) is 0 Å². The van der Waals surface area contributed by atoms with Gasteiger partial charge in [0.15, 0.2) is 0 Å². The van der Waals surface area contributed by atoms with Gasteiger partial charge in [-0.2, -0.15) is 0 Å². The Morgan fingerprint density at radius 2 is 1.55 bits per heavy atom. The zero-order chi connectivity index (χ0) is 8.10. The van der Waals surface area contributed by atoms with Crippen LogP contribution in [0, 0.1) is 0 Å². The standard InChI is InChI=1S/C6H6N2S3/c9-3-7-5-1-2-6(11-5)8-4-10/h5-6H,1-2H2. The van der Waals surface area contributed by atoms with Crippen LogP contribution in [0.1, 0.15) is 12.8 Å². The summed E-state index contributed by atoms with van der Waals surface area (Å²) in [7, 11) is 0. The van der Waals surface area contributed by atoms with E-state index in [1.54, 1.807) is 11.8 Å². The summed E-state index contributed by atoms with van der Waals surface area (Å²) in [5.74, 6) is 0. The van der Waals surface area contributed by atoms with E-state index in [1.165, 1.54) is 0 Å². The van der Waals surface area contributed by atoms with Crippen molar-refractivity contribution in [2.24, 2.45) is 9.98 Å². The third-order valence-corrected chi connectivity index (χ3v) is 2.89. The van der Waals surface area contributed by atoms with Gasteiger partial charge in [-0.25, -0.2) is 9.98 Å². The van der Waals surface area contributed by atoms with Crippen LogP contribution >= 0.6 is 36.2 Å². The number of hydrogen-bond donors (Lipinski definition) is 0. The average Bonchev–Trinajstić information content (AvgIpc) is 2.38. The molecule has 1 rings (SSSR count). The van der Waals surface area contributed by atoms with Crippen LogP contribution < -0.4 is 0 Å². The third-order valence-electron chi connectivity index (χ3n) is 1.37. The highest BCUT2D eigenvalue weighted by molar-refractivity contribution is 8.00. The van der Waals surface area contributed by atoms with Crippen molar-refractivity contribution >= 4 is 46.5 Å². The zero-order valence-corrected chi connectivity index (χ0v) is 8.14. The number of isothiocyanates is 2. The highest BCUT2D eigenvalue weighted by atomic mass is 32.2. The number of nitrogens with zero attached hydrogens (tertiary/aromatic N) is 2. The smallest absolute Gasteiger partial charge is 0.108 e. The Bertz CT molecular complexity index is 204. The van der Waals surface area contributed by atoms with Gasteiger partial charge in [0.1, 0.15) is 10.7 Å². The lowest BCUT2D eigenvalue weighted by molar-refractivity contribution is 0.754. The van der Waals surface area contributed by atoms with Gasteiger partial charge in [-0.05, 0) is 37.3 Å². The van der Waals surface area contributed by atoms with E-state index in [0.717, 1.165) is 12.8 Å². The highest BCUT2D eigenvalue weighted by Crippen LogP contribution is 2.34. The molecule has 1 heterocycles. The molecule has 1 aliphatic rings. The SMILES string of the molecule is S=C=NC1CCC(N=C=S)S1. The first-order chi connectivity index (χ1) is 5.36. The van der Waals surface area contributed by atoms with E-state index in [2.05, 4.69) is 44.7 Å². The summed E-state index contributed by atoms with van der Waals surface area (Å²) in [6, 6.07) is 0. The molecule has 1 saturated heterocycles. The van der Waals surface area contributed by atoms with Crippen LogP contribution in [0.2, 0.25) is 0 Å². The molecule has 1 aliphatic heterocycles. The van der Waals surface area contributed by atoms with Crippen LogP contribution in [0.4, 0.5) is 0 Å². The topological polar surface area (TPSA) is 24.7 Å². The summed E-state index contributed by atoms with van der Waals surface area (Å²) in [6.45, 7) is 0. The van der Waals surface area contributed by atoms with E-state index < -0.39 is 0 Å². The second-order valence-corrected chi connectivity index (χ2v) is 3.79. The minimum absolute atomic E-state index is 0.240. The molecule has 1 fully saturated rings. The molecule has 0 aromatic heterocycles. The largest absolute Gasteiger partial charge is 0.218 e. The Morgan fingerprint density at radius 3 is 1.91 bits per heavy atom. The van der Waals surface area contributed by atoms with E-state index in [-0.39, 0.29) is 10.7 Å². The molecular weight excluding hydrogens is 196 g/mol. The van der Waals surface area contributed by atoms with Crippen molar-refractivity contribution < 1.29 is 0 Å². The van der Waals surface area contributed by atoms with Crippen molar-refractivity contribution in [3.05, 3.63) is 0 Å². The second-order valence-electron chi connectivity index (χ2n) is 2.06. The van der Waals surface area contributed by atoms with E-state index in [0.29, 0.717) is 0 Å². The fraction of sp³-hybridized carbons (Fsp3) is 0.667. The van der Waals surface area contributed by atoms with Gasteiger partial charge in [0.25, 0.3) is 0 Å². The summed E-state index contributed by atoms with van der Waals surface area (Å²) >= 11 is 10.7. The number of thiocarbonyl (C=S) groups is 2. The molecule has 58 valence electrons. The van der Waals surface area contributed by atoms with Gasteiger partial charge in [-0.1, -0.05) is 0 Å². The van der Waals surface area contributed by atoms with Crippen LogP contribution in [0.3, 0.4) is 0 Å². The molecule has 5 heteroatoms. The van der Waals surface area contributed by atoms with Crippen molar-refractivity contribution in [2.75, 3.05) is 0 Å². The monoisotopic (exact) mass is 202 g/mol. The van der Waals surface area contributed by atoms with Gasteiger partial charge < -0.3 is 0 Å². The zero-order valence-electron chi connectivity index (χ0n) is 5.69. The molecule has 11 heavy (non-hydrogen) atoms. The molecule has 2 unspecified atom stereocenters. The molecule has 0 radical (unpaired) electrons. The molecule has 0 N–H and O–H groups in total. The van der Waals surface area contributed by atoms with Crippen LogP contribution in [0.5, 0.6) is 0 Å². The molecule has 2 atom stereocenters. The normalized spacial score (nSPS) is 28.7. The van der Waals surface area contributed by atoms with E-state index in [9.17, 15) is 0 Å². The summed E-state index contributed by atoms with van der Waals surface area (Å²) in [5, 5.41) is 5.22. The lowest BCUT2D eigenvalue weighted by Crippen LogP contribution is -1.90. The van der Waals surface area contributed by atoms with E-state index >= 15 is 0 Å². The Balaban J connectivity index is 2.46. The molecular formula is C6H6N2S3. The molecule has 2 nitrogen and oxygen atoms in total.